The van der Waals surface area contributed by atoms with Crippen LogP contribution in [0.2, 0.25) is 0 Å². The fraction of sp³-hybridized carbons (Fsp3) is 0.400. The van der Waals surface area contributed by atoms with Gasteiger partial charge in [-0.1, -0.05) is 31.2 Å². The summed E-state index contributed by atoms with van der Waals surface area (Å²) in [7, 11) is 0. The number of aromatic nitrogens is 2. The van der Waals surface area contributed by atoms with E-state index in [1.165, 1.54) is 35.4 Å². The SMILES string of the molecule is CCc1ccccc1-c1nc2c([nH]1)CCCC2. The summed E-state index contributed by atoms with van der Waals surface area (Å²) in [5.41, 5.74) is 5.29. The molecule has 1 aromatic carbocycles. The first kappa shape index (κ1) is 10.6. The number of nitrogens with one attached hydrogen (secondary N) is 1. The van der Waals surface area contributed by atoms with E-state index in [2.05, 4.69) is 36.2 Å². The Kier molecular flexibility index (Phi) is 2.71. The van der Waals surface area contributed by atoms with Gasteiger partial charge in [0.05, 0.1) is 5.69 Å². The molecule has 0 radical (unpaired) electrons. The third-order valence-electron chi connectivity index (χ3n) is 3.61. The molecule has 1 N–H and O–H groups in total. The predicted octanol–water partition coefficient (Wildman–Crippen LogP) is 3.52. The Morgan fingerprint density at radius 3 is 2.82 bits per heavy atom. The molecule has 2 aromatic rings. The van der Waals surface area contributed by atoms with Gasteiger partial charge in [0.1, 0.15) is 5.82 Å². The van der Waals surface area contributed by atoms with Gasteiger partial charge in [-0.05, 0) is 37.7 Å². The zero-order chi connectivity index (χ0) is 11.7. The molecule has 1 aliphatic rings. The van der Waals surface area contributed by atoms with E-state index < -0.39 is 0 Å². The molecule has 0 aliphatic heterocycles. The maximum atomic E-state index is 4.77. The first-order valence-electron chi connectivity index (χ1n) is 6.54. The van der Waals surface area contributed by atoms with E-state index >= 15 is 0 Å². The Morgan fingerprint density at radius 2 is 2.00 bits per heavy atom. The van der Waals surface area contributed by atoms with Gasteiger partial charge in [-0.3, -0.25) is 0 Å². The van der Waals surface area contributed by atoms with Crippen molar-refractivity contribution in [2.24, 2.45) is 0 Å². The number of imidazole rings is 1. The van der Waals surface area contributed by atoms with E-state index in [9.17, 15) is 0 Å². The van der Waals surface area contributed by atoms with Gasteiger partial charge in [-0.15, -0.1) is 0 Å². The molecule has 17 heavy (non-hydrogen) atoms. The molecule has 0 spiro atoms. The highest BCUT2D eigenvalue weighted by molar-refractivity contribution is 5.61. The highest BCUT2D eigenvalue weighted by Gasteiger charge is 2.16. The van der Waals surface area contributed by atoms with Crippen molar-refractivity contribution in [3.05, 3.63) is 41.2 Å². The van der Waals surface area contributed by atoms with Gasteiger partial charge < -0.3 is 4.98 Å². The molecule has 2 heteroatoms. The van der Waals surface area contributed by atoms with Gasteiger partial charge in [0, 0.05) is 11.3 Å². The van der Waals surface area contributed by atoms with Crippen LogP contribution in [0.4, 0.5) is 0 Å². The number of benzene rings is 1. The number of hydrogen-bond donors (Lipinski definition) is 1. The summed E-state index contributed by atoms with van der Waals surface area (Å²) >= 11 is 0. The molecule has 1 aliphatic carbocycles. The van der Waals surface area contributed by atoms with E-state index in [0.29, 0.717) is 0 Å². The van der Waals surface area contributed by atoms with Crippen LogP contribution in [0.3, 0.4) is 0 Å². The molecule has 0 saturated carbocycles. The Morgan fingerprint density at radius 1 is 1.18 bits per heavy atom. The van der Waals surface area contributed by atoms with Crippen molar-refractivity contribution < 1.29 is 0 Å². The Hall–Kier alpha value is -1.57. The molecule has 0 unspecified atom stereocenters. The van der Waals surface area contributed by atoms with Crippen LogP contribution in [0.1, 0.15) is 36.7 Å². The Balaban J connectivity index is 2.06. The number of nitrogens with zero attached hydrogens (tertiary/aromatic N) is 1. The second-order valence-electron chi connectivity index (χ2n) is 4.73. The molecular weight excluding hydrogens is 208 g/mol. The van der Waals surface area contributed by atoms with E-state index in [0.717, 1.165) is 25.1 Å². The van der Waals surface area contributed by atoms with Crippen molar-refractivity contribution in [2.75, 3.05) is 0 Å². The number of H-pyrrole nitrogens is 1. The maximum absolute atomic E-state index is 4.77. The Labute approximate surface area is 102 Å². The van der Waals surface area contributed by atoms with Crippen molar-refractivity contribution in [1.82, 2.24) is 9.97 Å². The monoisotopic (exact) mass is 226 g/mol. The summed E-state index contributed by atoms with van der Waals surface area (Å²) in [4.78, 5) is 8.29. The number of aromatic amines is 1. The number of rotatable bonds is 2. The summed E-state index contributed by atoms with van der Waals surface area (Å²) in [6.45, 7) is 2.20. The summed E-state index contributed by atoms with van der Waals surface area (Å²) in [5.74, 6) is 1.06. The molecule has 0 amide bonds. The van der Waals surface area contributed by atoms with Crippen molar-refractivity contribution in [1.29, 1.82) is 0 Å². The topological polar surface area (TPSA) is 28.7 Å². The van der Waals surface area contributed by atoms with Gasteiger partial charge in [0.25, 0.3) is 0 Å². The normalized spacial score (nSPS) is 14.6. The lowest BCUT2D eigenvalue weighted by molar-refractivity contribution is 0.667. The molecule has 0 saturated heterocycles. The zero-order valence-corrected chi connectivity index (χ0v) is 10.3. The minimum absolute atomic E-state index is 1.06. The minimum atomic E-state index is 1.06. The third-order valence-corrected chi connectivity index (χ3v) is 3.61. The summed E-state index contributed by atoms with van der Waals surface area (Å²) in [5, 5.41) is 0. The lowest BCUT2D eigenvalue weighted by Crippen LogP contribution is -2.00. The van der Waals surface area contributed by atoms with Crippen LogP contribution in [-0.4, -0.2) is 9.97 Å². The number of aryl methyl sites for hydroxylation is 3. The third kappa shape index (κ3) is 1.88. The van der Waals surface area contributed by atoms with Crippen molar-refractivity contribution in [3.8, 4) is 11.4 Å². The molecule has 88 valence electrons. The second-order valence-corrected chi connectivity index (χ2v) is 4.73. The maximum Gasteiger partial charge on any atom is 0.138 e. The van der Waals surface area contributed by atoms with Crippen molar-refractivity contribution in [2.45, 2.75) is 39.0 Å². The second kappa shape index (κ2) is 4.36. The highest BCUT2D eigenvalue weighted by Crippen LogP contribution is 2.26. The highest BCUT2D eigenvalue weighted by atomic mass is 14.9. The molecule has 2 nitrogen and oxygen atoms in total. The van der Waals surface area contributed by atoms with Crippen LogP contribution in [0.5, 0.6) is 0 Å². The van der Waals surface area contributed by atoms with E-state index in [1.54, 1.807) is 0 Å². The van der Waals surface area contributed by atoms with Crippen LogP contribution >= 0.6 is 0 Å². The van der Waals surface area contributed by atoms with Gasteiger partial charge in [-0.2, -0.15) is 0 Å². The van der Waals surface area contributed by atoms with Gasteiger partial charge in [0.2, 0.25) is 0 Å². The molecular formula is C15H18N2. The van der Waals surface area contributed by atoms with Crippen LogP contribution < -0.4 is 0 Å². The van der Waals surface area contributed by atoms with E-state index in [1.807, 2.05) is 0 Å². The quantitative estimate of drug-likeness (QED) is 0.834. The molecule has 1 aromatic heterocycles. The number of hydrogen-bond acceptors (Lipinski definition) is 1. The average molecular weight is 226 g/mol. The molecule has 0 atom stereocenters. The largest absolute Gasteiger partial charge is 0.342 e. The zero-order valence-electron chi connectivity index (χ0n) is 10.3. The minimum Gasteiger partial charge on any atom is -0.342 e. The van der Waals surface area contributed by atoms with Crippen LogP contribution in [0.25, 0.3) is 11.4 Å². The van der Waals surface area contributed by atoms with E-state index in [4.69, 9.17) is 4.98 Å². The van der Waals surface area contributed by atoms with Gasteiger partial charge >= 0.3 is 0 Å². The fourth-order valence-corrected chi connectivity index (χ4v) is 2.64. The first-order chi connectivity index (χ1) is 8.38. The van der Waals surface area contributed by atoms with Gasteiger partial charge in [-0.25, -0.2) is 4.98 Å². The smallest absolute Gasteiger partial charge is 0.138 e. The van der Waals surface area contributed by atoms with E-state index in [-0.39, 0.29) is 0 Å². The lowest BCUT2D eigenvalue weighted by Gasteiger charge is -2.07. The Bertz CT molecular complexity index is 502. The van der Waals surface area contributed by atoms with Crippen LogP contribution in [0.15, 0.2) is 24.3 Å². The fourth-order valence-electron chi connectivity index (χ4n) is 2.64. The van der Waals surface area contributed by atoms with Gasteiger partial charge in [0.15, 0.2) is 0 Å². The lowest BCUT2D eigenvalue weighted by atomic mass is 10.0. The summed E-state index contributed by atoms with van der Waals surface area (Å²) < 4.78 is 0. The molecule has 0 fully saturated rings. The summed E-state index contributed by atoms with van der Waals surface area (Å²) in [6, 6.07) is 8.56. The molecule has 0 bridgehead atoms. The standard InChI is InChI=1S/C15H18N2/c1-2-11-7-3-4-8-12(11)15-16-13-9-5-6-10-14(13)17-15/h3-4,7-8H,2,5-6,9-10H2,1H3,(H,16,17). The molecule has 1 heterocycles. The predicted molar refractivity (Wildman–Crippen MR) is 70.0 cm³/mol. The van der Waals surface area contributed by atoms with Crippen LogP contribution in [-0.2, 0) is 19.3 Å². The summed E-state index contributed by atoms with van der Waals surface area (Å²) in [6.07, 6.45) is 5.94. The molecule has 3 rings (SSSR count). The average Bonchev–Trinajstić information content (AvgIpc) is 2.82. The van der Waals surface area contributed by atoms with Crippen molar-refractivity contribution in [3.63, 3.8) is 0 Å². The number of fused-ring (bicyclic) bond motifs is 1. The first-order valence-corrected chi connectivity index (χ1v) is 6.54. The van der Waals surface area contributed by atoms with Crippen molar-refractivity contribution >= 4 is 0 Å². The van der Waals surface area contributed by atoms with Crippen LogP contribution in [0, 0.1) is 0 Å².